The fourth-order valence-corrected chi connectivity index (χ4v) is 2.78. The van der Waals surface area contributed by atoms with Gasteiger partial charge in [0, 0.05) is 38.8 Å². The highest BCUT2D eigenvalue weighted by atomic mass is 35.5. The van der Waals surface area contributed by atoms with Crippen molar-refractivity contribution in [1.82, 2.24) is 9.88 Å². The molecule has 0 aliphatic carbocycles. The minimum atomic E-state index is -0.735. The molecule has 0 bridgehead atoms. The molecule has 20 heavy (non-hydrogen) atoms. The van der Waals surface area contributed by atoms with Crippen LogP contribution in [0.5, 0.6) is 0 Å². The van der Waals surface area contributed by atoms with Crippen LogP contribution in [0.15, 0.2) is 12.3 Å². The first-order chi connectivity index (χ1) is 9.56. The van der Waals surface area contributed by atoms with Crippen molar-refractivity contribution in [3.8, 4) is 0 Å². The molecule has 1 aliphatic rings. The SMILES string of the molecule is O=C(O)CCCN1CCN(c2ncc(Cl)cc2Cl)CC1. The highest BCUT2D eigenvalue weighted by Crippen LogP contribution is 2.26. The third kappa shape index (κ3) is 4.23. The number of hydrogen-bond acceptors (Lipinski definition) is 4. The third-order valence-electron chi connectivity index (χ3n) is 3.33. The number of piperazine rings is 1. The fourth-order valence-electron chi connectivity index (χ4n) is 2.28. The topological polar surface area (TPSA) is 56.7 Å². The van der Waals surface area contributed by atoms with E-state index in [1.54, 1.807) is 12.3 Å². The van der Waals surface area contributed by atoms with Gasteiger partial charge in [-0.15, -0.1) is 0 Å². The zero-order valence-corrected chi connectivity index (χ0v) is 12.6. The van der Waals surface area contributed by atoms with E-state index >= 15 is 0 Å². The Morgan fingerprint density at radius 3 is 2.60 bits per heavy atom. The van der Waals surface area contributed by atoms with E-state index in [-0.39, 0.29) is 6.42 Å². The molecule has 5 nitrogen and oxygen atoms in total. The monoisotopic (exact) mass is 317 g/mol. The summed E-state index contributed by atoms with van der Waals surface area (Å²) in [5.74, 6) is 0.0297. The molecule has 2 heterocycles. The van der Waals surface area contributed by atoms with E-state index in [4.69, 9.17) is 28.3 Å². The van der Waals surface area contributed by atoms with E-state index in [1.807, 2.05) is 0 Å². The second-order valence-corrected chi connectivity index (χ2v) is 5.63. The van der Waals surface area contributed by atoms with Gasteiger partial charge in [-0.1, -0.05) is 23.2 Å². The van der Waals surface area contributed by atoms with E-state index in [1.165, 1.54) is 0 Å². The molecule has 1 aromatic heterocycles. The van der Waals surface area contributed by atoms with E-state index in [0.29, 0.717) is 16.5 Å². The summed E-state index contributed by atoms with van der Waals surface area (Å²) < 4.78 is 0. The summed E-state index contributed by atoms with van der Waals surface area (Å²) in [5.41, 5.74) is 0. The Balaban J connectivity index is 1.83. The Hall–Kier alpha value is -1.04. The van der Waals surface area contributed by atoms with Crippen LogP contribution < -0.4 is 4.90 Å². The van der Waals surface area contributed by atoms with Crippen molar-refractivity contribution < 1.29 is 9.90 Å². The van der Waals surface area contributed by atoms with Gasteiger partial charge in [0.2, 0.25) is 0 Å². The first kappa shape index (κ1) is 15.4. The van der Waals surface area contributed by atoms with Gasteiger partial charge in [-0.25, -0.2) is 4.98 Å². The van der Waals surface area contributed by atoms with Crippen molar-refractivity contribution in [3.05, 3.63) is 22.3 Å². The first-order valence-electron chi connectivity index (χ1n) is 6.56. The van der Waals surface area contributed by atoms with Crippen LogP contribution in [-0.4, -0.2) is 53.7 Å². The molecule has 110 valence electrons. The number of carboxylic acids is 1. The maximum absolute atomic E-state index is 10.5. The third-order valence-corrected chi connectivity index (χ3v) is 3.81. The number of rotatable bonds is 5. The number of aliphatic carboxylic acids is 1. The van der Waals surface area contributed by atoms with Crippen LogP contribution in [0.4, 0.5) is 5.82 Å². The lowest BCUT2D eigenvalue weighted by molar-refractivity contribution is -0.137. The molecule has 7 heteroatoms. The number of pyridine rings is 1. The van der Waals surface area contributed by atoms with Crippen LogP contribution >= 0.6 is 23.2 Å². The van der Waals surface area contributed by atoms with Gasteiger partial charge in [-0.2, -0.15) is 0 Å². The van der Waals surface area contributed by atoms with Gasteiger partial charge < -0.3 is 10.0 Å². The van der Waals surface area contributed by atoms with Crippen molar-refractivity contribution in [2.75, 3.05) is 37.6 Å². The molecule has 1 N–H and O–H groups in total. The van der Waals surface area contributed by atoms with Gasteiger partial charge in [-0.3, -0.25) is 9.69 Å². The molecular weight excluding hydrogens is 301 g/mol. The Morgan fingerprint density at radius 2 is 2.00 bits per heavy atom. The van der Waals surface area contributed by atoms with Crippen molar-refractivity contribution in [2.24, 2.45) is 0 Å². The van der Waals surface area contributed by atoms with Gasteiger partial charge in [0.05, 0.1) is 10.0 Å². The molecule has 2 rings (SSSR count). The summed E-state index contributed by atoms with van der Waals surface area (Å²) >= 11 is 12.0. The Bertz CT molecular complexity index is 477. The van der Waals surface area contributed by atoms with E-state index in [0.717, 1.165) is 38.5 Å². The summed E-state index contributed by atoms with van der Waals surface area (Å²) in [6.45, 7) is 4.27. The number of carbonyl (C=O) groups is 1. The molecule has 0 saturated carbocycles. The minimum absolute atomic E-state index is 0.227. The lowest BCUT2D eigenvalue weighted by Gasteiger charge is -2.35. The Morgan fingerprint density at radius 1 is 1.30 bits per heavy atom. The van der Waals surface area contributed by atoms with E-state index in [2.05, 4.69) is 14.8 Å². The van der Waals surface area contributed by atoms with Crippen LogP contribution in [0.3, 0.4) is 0 Å². The van der Waals surface area contributed by atoms with Crippen molar-refractivity contribution in [3.63, 3.8) is 0 Å². The van der Waals surface area contributed by atoms with Gasteiger partial charge in [0.25, 0.3) is 0 Å². The Kier molecular flexibility index (Phi) is 5.46. The Labute approximate surface area is 128 Å². The van der Waals surface area contributed by atoms with Crippen LogP contribution in [0, 0.1) is 0 Å². The quantitative estimate of drug-likeness (QED) is 0.903. The van der Waals surface area contributed by atoms with Gasteiger partial charge in [0.15, 0.2) is 0 Å². The molecule has 1 saturated heterocycles. The number of aromatic nitrogens is 1. The number of nitrogens with zero attached hydrogens (tertiary/aromatic N) is 3. The number of anilines is 1. The highest BCUT2D eigenvalue weighted by molar-refractivity contribution is 6.36. The molecule has 0 atom stereocenters. The second kappa shape index (κ2) is 7.11. The van der Waals surface area contributed by atoms with Crippen LogP contribution in [-0.2, 0) is 4.79 Å². The van der Waals surface area contributed by atoms with Crippen LogP contribution in [0.1, 0.15) is 12.8 Å². The average Bonchev–Trinajstić information content (AvgIpc) is 2.39. The summed E-state index contributed by atoms with van der Waals surface area (Å²) in [6.07, 6.45) is 2.52. The van der Waals surface area contributed by atoms with Crippen molar-refractivity contribution >= 4 is 35.0 Å². The molecule has 0 unspecified atom stereocenters. The zero-order valence-electron chi connectivity index (χ0n) is 11.1. The maximum Gasteiger partial charge on any atom is 0.303 e. The van der Waals surface area contributed by atoms with Gasteiger partial charge in [-0.05, 0) is 19.0 Å². The normalized spacial score (nSPS) is 16.4. The average molecular weight is 318 g/mol. The molecule has 1 aromatic rings. The smallest absolute Gasteiger partial charge is 0.303 e. The minimum Gasteiger partial charge on any atom is -0.481 e. The predicted molar refractivity (Wildman–Crippen MR) is 79.8 cm³/mol. The summed E-state index contributed by atoms with van der Waals surface area (Å²) in [4.78, 5) is 19.2. The zero-order chi connectivity index (χ0) is 14.5. The number of carboxylic acid groups (broad SMARTS) is 1. The largest absolute Gasteiger partial charge is 0.481 e. The van der Waals surface area contributed by atoms with Gasteiger partial charge in [0.1, 0.15) is 5.82 Å². The lowest BCUT2D eigenvalue weighted by Crippen LogP contribution is -2.47. The van der Waals surface area contributed by atoms with Crippen molar-refractivity contribution in [2.45, 2.75) is 12.8 Å². The van der Waals surface area contributed by atoms with Crippen molar-refractivity contribution in [1.29, 1.82) is 0 Å². The molecule has 0 radical (unpaired) electrons. The fraction of sp³-hybridized carbons (Fsp3) is 0.538. The first-order valence-corrected chi connectivity index (χ1v) is 7.32. The molecule has 0 spiro atoms. The molecule has 1 aliphatic heterocycles. The van der Waals surface area contributed by atoms with E-state index < -0.39 is 5.97 Å². The maximum atomic E-state index is 10.5. The summed E-state index contributed by atoms with van der Waals surface area (Å²) in [7, 11) is 0. The molecule has 1 fully saturated rings. The molecule has 0 amide bonds. The number of halogens is 2. The van der Waals surface area contributed by atoms with Crippen LogP contribution in [0.2, 0.25) is 10.0 Å². The van der Waals surface area contributed by atoms with E-state index in [9.17, 15) is 4.79 Å². The van der Waals surface area contributed by atoms with Gasteiger partial charge >= 0.3 is 5.97 Å². The summed E-state index contributed by atoms with van der Waals surface area (Å²) in [5, 5.41) is 9.73. The van der Waals surface area contributed by atoms with Crippen LogP contribution in [0.25, 0.3) is 0 Å². The number of hydrogen-bond donors (Lipinski definition) is 1. The lowest BCUT2D eigenvalue weighted by atomic mass is 10.2. The second-order valence-electron chi connectivity index (χ2n) is 4.78. The predicted octanol–water partition coefficient (Wildman–Crippen LogP) is 2.38. The summed E-state index contributed by atoms with van der Waals surface area (Å²) in [6, 6.07) is 1.70. The standard InChI is InChI=1S/C13H17Cl2N3O2/c14-10-8-11(15)13(16-9-10)18-6-4-17(5-7-18)3-1-2-12(19)20/h8-9H,1-7H2,(H,19,20). The molecule has 0 aromatic carbocycles. The molecular formula is C13H17Cl2N3O2. The highest BCUT2D eigenvalue weighted by Gasteiger charge is 2.19.